The van der Waals surface area contributed by atoms with Crippen LogP contribution >= 0.6 is 11.3 Å². The molecule has 1 aromatic heterocycles. The molecule has 0 aliphatic rings. The zero-order valence-electron chi connectivity index (χ0n) is 28.0. The van der Waals surface area contributed by atoms with Gasteiger partial charge in [0.15, 0.2) is 5.75 Å². The van der Waals surface area contributed by atoms with Crippen LogP contribution in [0.3, 0.4) is 0 Å². The highest BCUT2D eigenvalue weighted by molar-refractivity contribution is 7.12. The second-order valence-electron chi connectivity index (χ2n) is 12.7. The van der Waals surface area contributed by atoms with Crippen LogP contribution in [0.4, 0.5) is 0 Å². The maximum atomic E-state index is 6.06. The molecule has 1 rings (SSSR count). The number of rotatable bonds is 34. The van der Waals surface area contributed by atoms with E-state index >= 15 is 0 Å². The van der Waals surface area contributed by atoms with E-state index < -0.39 is 0 Å². The van der Waals surface area contributed by atoms with Crippen LogP contribution in [0.5, 0.6) is 10.8 Å². The van der Waals surface area contributed by atoms with Crippen LogP contribution in [-0.2, 0) is 0 Å². The molecule has 1 aromatic rings. The highest BCUT2D eigenvalue weighted by Crippen LogP contribution is 2.34. The number of ether oxygens (including phenoxy) is 2. The Hall–Kier alpha value is -0.700. The lowest BCUT2D eigenvalue weighted by Crippen LogP contribution is -2.00. The molecule has 0 aliphatic carbocycles. The lowest BCUT2D eigenvalue weighted by Gasteiger charge is -2.09. The minimum absolute atomic E-state index is 0.824. The third-order valence-corrected chi connectivity index (χ3v) is 9.39. The summed E-state index contributed by atoms with van der Waals surface area (Å²) in [4.78, 5) is 0. The van der Waals surface area contributed by atoms with Crippen LogP contribution in [-0.4, -0.2) is 13.2 Å². The van der Waals surface area contributed by atoms with Gasteiger partial charge < -0.3 is 9.47 Å². The van der Waals surface area contributed by atoms with Gasteiger partial charge in [-0.05, 0) is 24.3 Å². The first-order chi connectivity index (χ1) is 20.4. The minimum atomic E-state index is 0.824. The summed E-state index contributed by atoms with van der Waals surface area (Å²) in [6, 6.07) is 2.08. The van der Waals surface area contributed by atoms with Crippen molar-refractivity contribution < 1.29 is 9.47 Å². The van der Waals surface area contributed by atoms with Gasteiger partial charge in [-0.2, -0.15) is 0 Å². The molecule has 3 heteroatoms. The predicted molar refractivity (Wildman–Crippen MR) is 185 cm³/mol. The maximum Gasteiger partial charge on any atom is 0.216 e. The molecule has 0 bridgehead atoms. The Bertz CT molecular complexity index is 563. The summed E-state index contributed by atoms with van der Waals surface area (Å²) in [5.41, 5.74) is 0. The SMILES string of the molecule is CCCCCCCCCCCCCCCCCOc1ccsc1OCCCCCCCCCCCCCCCCC. The topological polar surface area (TPSA) is 18.5 Å². The Balaban J connectivity index is 1.82. The van der Waals surface area contributed by atoms with E-state index in [4.69, 9.17) is 9.47 Å². The van der Waals surface area contributed by atoms with Crippen molar-refractivity contribution >= 4 is 11.3 Å². The van der Waals surface area contributed by atoms with E-state index in [1.54, 1.807) is 11.3 Å². The van der Waals surface area contributed by atoms with E-state index in [2.05, 4.69) is 25.3 Å². The van der Waals surface area contributed by atoms with Crippen molar-refractivity contribution in [2.45, 2.75) is 206 Å². The second kappa shape index (κ2) is 32.2. The van der Waals surface area contributed by atoms with Crippen LogP contribution < -0.4 is 9.47 Å². The predicted octanol–water partition coefficient (Wildman–Crippen LogP) is 14.2. The average Bonchev–Trinajstić information content (AvgIpc) is 3.43. The molecular formula is C38H72O2S. The largest absolute Gasteiger partial charge is 0.489 e. The first-order valence-corrected chi connectivity index (χ1v) is 19.6. The third-order valence-electron chi connectivity index (χ3n) is 8.58. The molecule has 0 spiro atoms. The Morgan fingerprint density at radius 2 is 0.683 bits per heavy atom. The molecule has 0 radical (unpaired) electrons. The molecule has 2 nitrogen and oxygen atoms in total. The first-order valence-electron chi connectivity index (χ1n) is 18.7. The van der Waals surface area contributed by atoms with Crippen molar-refractivity contribution in [3.05, 3.63) is 11.4 Å². The van der Waals surface area contributed by atoms with Gasteiger partial charge in [0.2, 0.25) is 5.06 Å². The minimum Gasteiger partial charge on any atom is -0.489 e. The summed E-state index contributed by atoms with van der Waals surface area (Å²) >= 11 is 1.68. The molecule has 0 saturated heterocycles. The van der Waals surface area contributed by atoms with Crippen LogP contribution in [0, 0.1) is 0 Å². The lowest BCUT2D eigenvalue weighted by atomic mass is 10.0. The summed E-state index contributed by atoms with van der Waals surface area (Å²) in [5, 5.41) is 3.08. The van der Waals surface area contributed by atoms with Gasteiger partial charge >= 0.3 is 0 Å². The normalized spacial score (nSPS) is 11.4. The van der Waals surface area contributed by atoms with Gasteiger partial charge in [-0.3, -0.25) is 0 Å². The summed E-state index contributed by atoms with van der Waals surface area (Å²) in [6.45, 7) is 6.25. The lowest BCUT2D eigenvalue weighted by molar-refractivity contribution is 0.265. The van der Waals surface area contributed by atoms with E-state index in [0.29, 0.717) is 0 Å². The van der Waals surface area contributed by atoms with Crippen LogP contribution in [0.2, 0.25) is 0 Å². The van der Waals surface area contributed by atoms with Gasteiger partial charge in [0, 0.05) is 0 Å². The molecule has 0 unspecified atom stereocenters. The monoisotopic (exact) mass is 593 g/mol. The van der Waals surface area contributed by atoms with Crippen molar-refractivity contribution in [1.29, 1.82) is 0 Å². The summed E-state index contributed by atoms with van der Waals surface area (Å²) < 4.78 is 12.1. The van der Waals surface area contributed by atoms with E-state index in [1.807, 2.05) is 0 Å². The highest BCUT2D eigenvalue weighted by Gasteiger charge is 2.07. The van der Waals surface area contributed by atoms with Gasteiger partial charge in [0.05, 0.1) is 13.2 Å². The first kappa shape index (κ1) is 38.3. The van der Waals surface area contributed by atoms with Crippen molar-refractivity contribution in [3.8, 4) is 10.8 Å². The number of unbranched alkanes of at least 4 members (excludes halogenated alkanes) is 28. The smallest absolute Gasteiger partial charge is 0.216 e. The summed E-state index contributed by atoms with van der Waals surface area (Å²) in [7, 11) is 0. The highest BCUT2D eigenvalue weighted by atomic mass is 32.1. The molecule has 242 valence electrons. The van der Waals surface area contributed by atoms with Crippen molar-refractivity contribution in [3.63, 3.8) is 0 Å². The van der Waals surface area contributed by atoms with Gasteiger partial charge in [-0.15, -0.1) is 11.3 Å². The molecule has 0 saturated carbocycles. The van der Waals surface area contributed by atoms with E-state index in [0.717, 1.165) is 36.9 Å². The van der Waals surface area contributed by atoms with Gasteiger partial charge in [-0.1, -0.05) is 194 Å². The molecule has 0 aliphatic heterocycles. The molecule has 1 heterocycles. The third kappa shape index (κ3) is 26.6. The number of hydrogen-bond acceptors (Lipinski definition) is 3. The Morgan fingerprint density at radius 1 is 0.390 bits per heavy atom. The number of thiophene rings is 1. The molecule has 0 fully saturated rings. The standard InChI is InChI=1S/C38H72O2S/c1-3-5-7-9-11-13-15-17-19-21-23-25-27-29-31-34-39-37-33-36-41-38(37)40-35-32-30-28-26-24-22-20-18-16-14-12-10-8-6-4-2/h33,36H,3-32,34-35H2,1-2H3. The average molecular weight is 593 g/mol. The van der Waals surface area contributed by atoms with Crippen molar-refractivity contribution in [1.82, 2.24) is 0 Å². The fourth-order valence-electron chi connectivity index (χ4n) is 5.79. The Labute approximate surface area is 262 Å². The fourth-order valence-corrected chi connectivity index (χ4v) is 6.50. The van der Waals surface area contributed by atoms with Crippen LogP contribution in [0.1, 0.15) is 206 Å². The fraction of sp³-hybridized carbons (Fsp3) is 0.895. The van der Waals surface area contributed by atoms with Crippen molar-refractivity contribution in [2.75, 3.05) is 13.2 Å². The quantitative estimate of drug-likeness (QED) is 0.0741. The zero-order valence-corrected chi connectivity index (χ0v) is 28.8. The van der Waals surface area contributed by atoms with Gasteiger partial charge in [0.1, 0.15) is 0 Å². The van der Waals surface area contributed by atoms with Crippen molar-refractivity contribution in [2.24, 2.45) is 0 Å². The Kier molecular flexibility index (Phi) is 30.1. The molecule has 41 heavy (non-hydrogen) atoms. The molecule has 0 N–H and O–H groups in total. The van der Waals surface area contributed by atoms with E-state index in [-0.39, 0.29) is 0 Å². The van der Waals surface area contributed by atoms with Gasteiger partial charge in [0.25, 0.3) is 0 Å². The molecular weight excluding hydrogens is 520 g/mol. The van der Waals surface area contributed by atoms with Crippen LogP contribution in [0.15, 0.2) is 11.4 Å². The number of hydrogen-bond donors (Lipinski definition) is 0. The van der Waals surface area contributed by atoms with Crippen LogP contribution in [0.25, 0.3) is 0 Å². The summed E-state index contributed by atoms with van der Waals surface area (Å²) in [6.07, 6.45) is 42.0. The molecule has 0 amide bonds. The molecule has 0 aromatic carbocycles. The maximum absolute atomic E-state index is 6.06. The Morgan fingerprint density at radius 3 is 1.02 bits per heavy atom. The second-order valence-corrected chi connectivity index (χ2v) is 13.5. The van der Waals surface area contributed by atoms with E-state index in [9.17, 15) is 0 Å². The van der Waals surface area contributed by atoms with Gasteiger partial charge in [-0.25, -0.2) is 0 Å². The molecule has 0 atom stereocenters. The zero-order chi connectivity index (χ0) is 29.3. The van der Waals surface area contributed by atoms with E-state index in [1.165, 1.54) is 180 Å². The summed E-state index contributed by atoms with van der Waals surface area (Å²) in [5.74, 6) is 0.960.